The van der Waals surface area contributed by atoms with Crippen LogP contribution in [0.25, 0.3) is 0 Å². The summed E-state index contributed by atoms with van der Waals surface area (Å²) >= 11 is 0. The standard InChI is InChI=1S/C23H27NO4/c1-3-28-23(19-10-6-4-7-11-19,20-12-8-5-9-13-20)22(26)27-16-21(25)24-17(2)18-14-15-18/h4-13,17-18H,3,14-16H2,1-2H3,(H,24,25)/t17-/m1/s1. The van der Waals surface area contributed by atoms with Gasteiger partial charge in [0.2, 0.25) is 5.60 Å². The van der Waals surface area contributed by atoms with Gasteiger partial charge in [-0.1, -0.05) is 60.7 Å². The van der Waals surface area contributed by atoms with E-state index in [0.717, 1.165) is 12.8 Å². The molecule has 0 unspecified atom stereocenters. The van der Waals surface area contributed by atoms with Gasteiger partial charge in [-0.25, -0.2) is 4.79 Å². The van der Waals surface area contributed by atoms with Crippen LogP contribution < -0.4 is 5.32 Å². The van der Waals surface area contributed by atoms with Crippen LogP contribution in [0, 0.1) is 5.92 Å². The zero-order valence-electron chi connectivity index (χ0n) is 16.4. The summed E-state index contributed by atoms with van der Waals surface area (Å²) in [6.45, 7) is 3.79. The molecule has 3 rings (SSSR count). The SMILES string of the molecule is CCOC(C(=O)OCC(=O)N[C@H](C)C1CC1)(c1ccccc1)c1ccccc1. The van der Waals surface area contributed by atoms with Crippen LogP contribution in [0.1, 0.15) is 37.8 Å². The van der Waals surface area contributed by atoms with E-state index in [2.05, 4.69) is 5.32 Å². The lowest BCUT2D eigenvalue weighted by Gasteiger charge is -2.32. The number of esters is 1. The van der Waals surface area contributed by atoms with Gasteiger partial charge in [-0.15, -0.1) is 0 Å². The van der Waals surface area contributed by atoms with Gasteiger partial charge >= 0.3 is 5.97 Å². The highest BCUT2D eigenvalue weighted by atomic mass is 16.6. The molecule has 148 valence electrons. The van der Waals surface area contributed by atoms with Crippen molar-refractivity contribution in [2.75, 3.05) is 13.2 Å². The summed E-state index contributed by atoms with van der Waals surface area (Å²) in [7, 11) is 0. The van der Waals surface area contributed by atoms with Crippen molar-refractivity contribution in [2.24, 2.45) is 5.92 Å². The molecule has 0 radical (unpaired) electrons. The van der Waals surface area contributed by atoms with Gasteiger partial charge in [0.15, 0.2) is 6.61 Å². The molecule has 28 heavy (non-hydrogen) atoms. The Morgan fingerprint density at radius 1 is 1.04 bits per heavy atom. The summed E-state index contributed by atoms with van der Waals surface area (Å²) in [5.74, 6) is -0.351. The molecular weight excluding hydrogens is 354 g/mol. The summed E-state index contributed by atoms with van der Waals surface area (Å²) in [6.07, 6.45) is 2.27. The van der Waals surface area contributed by atoms with E-state index in [1.807, 2.05) is 74.5 Å². The van der Waals surface area contributed by atoms with Crippen molar-refractivity contribution in [1.82, 2.24) is 5.32 Å². The minimum Gasteiger partial charge on any atom is -0.453 e. The lowest BCUT2D eigenvalue weighted by Crippen LogP contribution is -2.44. The first-order chi connectivity index (χ1) is 13.6. The highest BCUT2D eigenvalue weighted by Crippen LogP contribution is 2.35. The normalized spacial score (nSPS) is 14.9. The number of carbonyl (C=O) groups is 2. The van der Waals surface area contributed by atoms with Crippen molar-refractivity contribution >= 4 is 11.9 Å². The van der Waals surface area contributed by atoms with Gasteiger partial charge in [-0.2, -0.15) is 0 Å². The third kappa shape index (κ3) is 4.42. The summed E-state index contributed by atoms with van der Waals surface area (Å²) < 4.78 is 11.5. The Balaban J connectivity index is 1.83. The van der Waals surface area contributed by atoms with Crippen LogP contribution in [0.2, 0.25) is 0 Å². The number of hydrogen-bond acceptors (Lipinski definition) is 4. The highest BCUT2D eigenvalue weighted by molar-refractivity contribution is 5.88. The van der Waals surface area contributed by atoms with Crippen molar-refractivity contribution < 1.29 is 19.1 Å². The van der Waals surface area contributed by atoms with Gasteiger partial charge in [0.25, 0.3) is 5.91 Å². The Morgan fingerprint density at radius 3 is 2.04 bits per heavy atom. The average Bonchev–Trinajstić information content (AvgIpc) is 3.57. The van der Waals surface area contributed by atoms with E-state index in [9.17, 15) is 9.59 Å². The zero-order valence-corrected chi connectivity index (χ0v) is 16.4. The van der Waals surface area contributed by atoms with Gasteiger partial charge in [-0.05, 0) is 43.7 Å². The molecule has 1 aliphatic carbocycles. The van der Waals surface area contributed by atoms with Crippen LogP contribution in [0.15, 0.2) is 60.7 Å². The van der Waals surface area contributed by atoms with E-state index in [-0.39, 0.29) is 18.6 Å². The lowest BCUT2D eigenvalue weighted by molar-refractivity contribution is -0.170. The third-order valence-corrected chi connectivity index (χ3v) is 5.06. The zero-order chi connectivity index (χ0) is 20.0. The minimum atomic E-state index is -1.42. The largest absolute Gasteiger partial charge is 0.453 e. The second-order valence-corrected chi connectivity index (χ2v) is 7.12. The van der Waals surface area contributed by atoms with Crippen molar-refractivity contribution in [3.05, 3.63) is 71.8 Å². The van der Waals surface area contributed by atoms with Crippen molar-refractivity contribution in [3.63, 3.8) is 0 Å². The van der Waals surface area contributed by atoms with E-state index in [0.29, 0.717) is 23.7 Å². The topological polar surface area (TPSA) is 64.6 Å². The molecule has 0 bridgehead atoms. The molecule has 0 aliphatic heterocycles. The van der Waals surface area contributed by atoms with E-state index < -0.39 is 11.6 Å². The molecule has 1 fully saturated rings. The molecule has 5 nitrogen and oxygen atoms in total. The maximum atomic E-state index is 13.3. The molecule has 1 saturated carbocycles. The second-order valence-electron chi connectivity index (χ2n) is 7.12. The molecule has 2 aromatic carbocycles. The molecule has 0 spiro atoms. The Bertz CT molecular complexity index is 747. The fraction of sp³-hybridized carbons (Fsp3) is 0.391. The first-order valence-corrected chi connectivity index (χ1v) is 9.79. The van der Waals surface area contributed by atoms with Gasteiger partial charge in [0, 0.05) is 12.6 Å². The van der Waals surface area contributed by atoms with Gasteiger partial charge < -0.3 is 14.8 Å². The van der Waals surface area contributed by atoms with E-state index in [1.165, 1.54) is 0 Å². The number of rotatable bonds is 9. The Kier molecular flexibility index (Phi) is 6.47. The van der Waals surface area contributed by atoms with Crippen LogP contribution in [-0.2, 0) is 24.7 Å². The molecule has 1 N–H and O–H groups in total. The molecule has 0 aromatic heterocycles. The van der Waals surface area contributed by atoms with Crippen LogP contribution >= 0.6 is 0 Å². The molecule has 1 aliphatic rings. The summed E-state index contributed by atoms with van der Waals surface area (Å²) in [5.41, 5.74) is -0.0840. The molecular formula is C23H27NO4. The van der Waals surface area contributed by atoms with Gasteiger partial charge in [-0.3, -0.25) is 4.79 Å². The van der Waals surface area contributed by atoms with E-state index in [4.69, 9.17) is 9.47 Å². The van der Waals surface area contributed by atoms with Crippen LogP contribution in [-0.4, -0.2) is 31.1 Å². The van der Waals surface area contributed by atoms with Crippen molar-refractivity contribution in [1.29, 1.82) is 0 Å². The first kappa shape index (κ1) is 20.1. The fourth-order valence-corrected chi connectivity index (χ4v) is 3.43. The summed E-state index contributed by atoms with van der Waals surface area (Å²) in [5, 5.41) is 2.90. The molecule has 5 heteroatoms. The third-order valence-electron chi connectivity index (χ3n) is 5.06. The molecule has 0 saturated heterocycles. The van der Waals surface area contributed by atoms with Gasteiger partial charge in [0.05, 0.1) is 0 Å². The van der Waals surface area contributed by atoms with E-state index >= 15 is 0 Å². The number of nitrogens with one attached hydrogen (secondary N) is 1. The maximum Gasteiger partial charge on any atom is 0.348 e. The summed E-state index contributed by atoms with van der Waals surface area (Å²) in [6, 6.07) is 18.6. The quantitative estimate of drug-likeness (QED) is 0.676. The molecule has 1 atom stereocenters. The number of ether oxygens (including phenoxy) is 2. The van der Waals surface area contributed by atoms with Crippen molar-refractivity contribution in [3.8, 4) is 0 Å². The monoisotopic (exact) mass is 381 g/mol. The van der Waals surface area contributed by atoms with Crippen LogP contribution in [0.4, 0.5) is 0 Å². The smallest absolute Gasteiger partial charge is 0.348 e. The van der Waals surface area contributed by atoms with Gasteiger partial charge in [0.1, 0.15) is 0 Å². The predicted molar refractivity (Wildman–Crippen MR) is 107 cm³/mol. The number of benzene rings is 2. The Labute approximate surface area is 166 Å². The van der Waals surface area contributed by atoms with Crippen LogP contribution in [0.3, 0.4) is 0 Å². The Morgan fingerprint density at radius 2 is 1.57 bits per heavy atom. The average molecular weight is 381 g/mol. The molecule has 1 amide bonds. The number of carbonyl (C=O) groups excluding carboxylic acids is 2. The number of amides is 1. The first-order valence-electron chi connectivity index (χ1n) is 9.79. The second kappa shape index (κ2) is 9.02. The molecule has 2 aromatic rings. The van der Waals surface area contributed by atoms with Crippen molar-refractivity contribution in [2.45, 2.75) is 38.3 Å². The van der Waals surface area contributed by atoms with E-state index in [1.54, 1.807) is 0 Å². The Hall–Kier alpha value is -2.66. The minimum absolute atomic E-state index is 0.103. The number of hydrogen-bond donors (Lipinski definition) is 1. The lowest BCUT2D eigenvalue weighted by atomic mass is 9.86. The van der Waals surface area contributed by atoms with Crippen LogP contribution in [0.5, 0.6) is 0 Å². The maximum absolute atomic E-state index is 13.3. The highest BCUT2D eigenvalue weighted by Gasteiger charge is 2.45. The fourth-order valence-electron chi connectivity index (χ4n) is 3.43. The molecule has 0 heterocycles. The predicted octanol–water partition coefficient (Wildman–Crippen LogP) is 3.42. The summed E-state index contributed by atoms with van der Waals surface area (Å²) in [4.78, 5) is 25.5.